The summed E-state index contributed by atoms with van der Waals surface area (Å²) in [7, 11) is 0. The molecule has 4 aliphatic rings. The molecule has 332 valence electrons. The molecule has 2 spiro atoms. The van der Waals surface area contributed by atoms with E-state index in [0.29, 0.717) is 19.4 Å². The molecule has 1 aromatic rings. The smallest absolute Gasteiger partial charge is 0.307 e. The van der Waals surface area contributed by atoms with E-state index in [1.165, 1.54) is 0 Å². The highest BCUT2D eigenvalue weighted by Crippen LogP contribution is 2.88. The summed E-state index contributed by atoms with van der Waals surface area (Å²) in [6.07, 6.45) is 7.02. The van der Waals surface area contributed by atoms with Gasteiger partial charge in [0.2, 0.25) is 17.6 Å². The number of nitrogens with zero attached hydrogens (tertiary/aromatic N) is 1. The van der Waals surface area contributed by atoms with Crippen LogP contribution in [0, 0.1) is 56.2 Å². The van der Waals surface area contributed by atoms with Crippen molar-refractivity contribution in [2.24, 2.45) is 61.9 Å². The van der Waals surface area contributed by atoms with Crippen LogP contribution in [0.25, 0.3) is 0 Å². The predicted octanol–water partition coefficient (Wildman–Crippen LogP) is 7.55. The number of nitrogens with two attached hydrogens (primary N) is 1. The van der Waals surface area contributed by atoms with Gasteiger partial charge in [-0.2, -0.15) is 0 Å². The molecule has 11 nitrogen and oxygen atoms in total. The number of hydrogen-bond donors (Lipinski definition) is 2. The third-order valence-corrected chi connectivity index (χ3v) is 15.8. The Morgan fingerprint density at radius 3 is 1.98 bits per heavy atom. The van der Waals surface area contributed by atoms with E-state index in [1.54, 1.807) is 18.7 Å². The molecule has 3 saturated carbocycles. The summed E-state index contributed by atoms with van der Waals surface area (Å²) in [5, 5.41) is 3.01. The monoisotopic (exact) mass is 832 g/mol. The number of carbonyl (C=O) groups excluding carboxylic acids is 7. The normalized spacial score (nSPS) is 23.5. The summed E-state index contributed by atoms with van der Waals surface area (Å²) in [5.74, 6) is -4.57. The summed E-state index contributed by atoms with van der Waals surface area (Å²) >= 11 is 0. The SMILES string of the molecule is CC(C)(CC(=O)OCc1ccccc1)C(=O)NC[C@@H](CC(=O)C[C@H](C(=O)N1C[C@]2(C[C@H]1C(=O)CC(CC1CCC1)C(=O)C(N)=O)C(C)(C)C21CCC1)C(C)(C)C)C(C)(C)C. The van der Waals surface area contributed by atoms with Gasteiger partial charge in [-0.15, -0.1) is 0 Å². The minimum Gasteiger partial charge on any atom is -0.461 e. The number of likely N-dealkylation sites (tertiary alicyclic amines) is 1. The van der Waals surface area contributed by atoms with E-state index in [4.69, 9.17) is 10.5 Å². The van der Waals surface area contributed by atoms with Gasteiger partial charge >= 0.3 is 5.97 Å². The third-order valence-electron chi connectivity index (χ3n) is 15.8. The first kappa shape index (κ1) is 47.2. The molecule has 4 fully saturated rings. The Kier molecular flexibility index (Phi) is 13.7. The number of nitrogens with one attached hydrogen (secondary N) is 1. The fourth-order valence-electron chi connectivity index (χ4n) is 11.0. The van der Waals surface area contributed by atoms with Gasteiger partial charge in [-0.1, -0.05) is 125 Å². The van der Waals surface area contributed by atoms with Gasteiger partial charge in [-0.05, 0) is 64.7 Å². The molecule has 3 amide bonds. The molecule has 1 aliphatic heterocycles. The molecule has 1 heterocycles. The van der Waals surface area contributed by atoms with Gasteiger partial charge in [0.05, 0.1) is 17.9 Å². The zero-order chi connectivity index (χ0) is 44.6. The van der Waals surface area contributed by atoms with Gasteiger partial charge in [-0.3, -0.25) is 33.6 Å². The Bertz CT molecular complexity index is 1810. The summed E-state index contributed by atoms with van der Waals surface area (Å²) < 4.78 is 5.44. The molecule has 5 atom stereocenters. The van der Waals surface area contributed by atoms with Crippen LogP contribution in [0.2, 0.25) is 0 Å². The van der Waals surface area contributed by atoms with Crippen molar-refractivity contribution in [2.45, 2.75) is 159 Å². The van der Waals surface area contributed by atoms with E-state index in [-0.39, 0.29) is 95.7 Å². The molecular formula is C49H73N3O8. The molecule has 0 bridgehead atoms. The molecule has 3 N–H and O–H groups in total. The van der Waals surface area contributed by atoms with Crippen LogP contribution in [-0.4, -0.2) is 65.1 Å². The highest BCUT2D eigenvalue weighted by atomic mass is 16.5. The van der Waals surface area contributed by atoms with Gasteiger partial charge in [0.15, 0.2) is 5.78 Å². The maximum atomic E-state index is 15.1. The van der Waals surface area contributed by atoms with Crippen molar-refractivity contribution in [3.8, 4) is 0 Å². The molecular weight excluding hydrogens is 759 g/mol. The lowest BCUT2D eigenvalue weighted by molar-refractivity contribution is -0.150. The minimum absolute atomic E-state index is 0.0228. The number of carbonyl (C=O) groups is 7. The molecule has 0 aromatic heterocycles. The molecule has 1 unspecified atom stereocenters. The second-order valence-corrected chi connectivity index (χ2v) is 22.3. The summed E-state index contributed by atoms with van der Waals surface area (Å²) in [6.45, 7) is 20.6. The number of fused-ring (bicyclic) bond motifs is 1. The number of rotatable bonds is 19. The van der Waals surface area contributed by atoms with Crippen LogP contribution in [0.15, 0.2) is 30.3 Å². The van der Waals surface area contributed by atoms with Crippen LogP contribution in [0.1, 0.15) is 152 Å². The first-order valence-electron chi connectivity index (χ1n) is 22.4. The number of hydrogen-bond acceptors (Lipinski definition) is 8. The number of ketones is 3. The number of benzene rings is 1. The average Bonchev–Trinajstić information content (AvgIpc) is 3.32. The van der Waals surface area contributed by atoms with Gasteiger partial charge in [0, 0.05) is 49.6 Å². The average molecular weight is 832 g/mol. The van der Waals surface area contributed by atoms with E-state index in [9.17, 15) is 28.8 Å². The second-order valence-electron chi connectivity index (χ2n) is 22.3. The standard InChI is InChI=1S/C49H73N3O8/c1-44(2,3)34(28-51-43(59)46(7,8)27-39(55)60-29-32-16-12-11-13-17-32)24-35(53)25-36(45(4,5)6)42(58)52-30-49(47(9,10)48(49)20-15-21-48)26-37(52)38(54)23-33(40(56)41(50)57)22-31-18-14-19-31/h11-13,16-17,31,33-34,36-37H,14-15,18-30H2,1-10H3,(H2,50,57)(H,51,59)/t33?,34-,36-,37+,49-/m1/s1. The molecule has 11 heteroatoms. The molecule has 5 rings (SSSR count). The van der Waals surface area contributed by atoms with Crippen molar-refractivity contribution >= 4 is 41.0 Å². The van der Waals surface area contributed by atoms with Crippen LogP contribution >= 0.6 is 0 Å². The van der Waals surface area contributed by atoms with E-state index in [2.05, 4.69) is 19.2 Å². The first-order chi connectivity index (χ1) is 27.8. The second kappa shape index (κ2) is 17.5. The van der Waals surface area contributed by atoms with Gasteiger partial charge in [0.1, 0.15) is 12.4 Å². The van der Waals surface area contributed by atoms with E-state index < -0.39 is 46.4 Å². The van der Waals surface area contributed by atoms with Crippen LogP contribution in [0.3, 0.4) is 0 Å². The number of esters is 1. The topological polar surface area (TPSA) is 170 Å². The maximum Gasteiger partial charge on any atom is 0.307 e. The zero-order valence-corrected chi connectivity index (χ0v) is 38.2. The van der Waals surface area contributed by atoms with Gasteiger partial charge < -0.3 is 20.7 Å². The van der Waals surface area contributed by atoms with Crippen molar-refractivity contribution in [3.05, 3.63) is 35.9 Å². The van der Waals surface area contributed by atoms with E-state index in [1.807, 2.05) is 71.9 Å². The summed E-state index contributed by atoms with van der Waals surface area (Å²) in [6, 6.07) is 8.59. The Morgan fingerprint density at radius 2 is 1.48 bits per heavy atom. The first-order valence-corrected chi connectivity index (χ1v) is 22.4. The maximum absolute atomic E-state index is 15.1. The Balaban J connectivity index is 1.29. The summed E-state index contributed by atoms with van der Waals surface area (Å²) in [5.41, 5.74) is 4.03. The number of ether oxygens (including phenoxy) is 1. The van der Waals surface area contributed by atoms with Gasteiger partial charge in [0.25, 0.3) is 5.91 Å². The molecule has 3 aliphatic carbocycles. The zero-order valence-electron chi connectivity index (χ0n) is 38.2. The van der Waals surface area contributed by atoms with E-state index >= 15 is 4.79 Å². The Labute approximate surface area is 358 Å². The van der Waals surface area contributed by atoms with Crippen LogP contribution in [0.4, 0.5) is 0 Å². The lowest BCUT2D eigenvalue weighted by Gasteiger charge is -2.36. The van der Waals surface area contributed by atoms with Crippen molar-refractivity contribution < 1.29 is 38.3 Å². The quantitative estimate of drug-likeness (QED) is 0.106. The number of Topliss-reactive ketones (excluding diaryl/α,β-unsaturated/α-hetero) is 3. The van der Waals surface area contributed by atoms with E-state index in [0.717, 1.165) is 44.1 Å². The molecule has 0 radical (unpaired) electrons. The predicted molar refractivity (Wildman–Crippen MR) is 230 cm³/mol. The van der Waals surface area contributed by atoms with Crippen molar-refractivity contribution in [3.63, 3.8) is 0 Å². The van der Waals surface area contributed by atoms with Crippen molar-refractivity contribution in [1.29, 1.82) is 0 Å². The van der Waals surface area contributed by atoms with Crippen LogP contribution in [0.5, 0.6) is 0 Å². The Hall–Kier alpha value is -3.89. The largest absolute Gasteiger partial charge is 0.461 e. The van der Waals surface area contributed by atoms with Crippen molar-refractivity contribution in [2.75, 3.05) is 13.1 Å². The van der Waals surface area contributed by atoms with Gasteiger partial charge in [-0.25, -0.2) is 0 Å². The minimum atomic E-state index is -1.05. The fraction of sp³-hybridized carbons (Fsp3) is 0.735. The van der Waals surface area contributed by atoms with Crippen LogP contribution in [-0.2, 0) is 44.9 Å². The lowest BCUT2D eigenvalue weighted by Crippen LogP contribution is -2.48. The fourth-order valence-corrected chi connectivity index (χ4v) is 11.0. The molecule has 60 heavy (non-hydrogen) atoms. The van der Waals surface area contributed by atoms with Crippen LogP contribution < -0.4 is 11.1 Å². The third kappa shape index (κ3) is 9.60. The molecule has 1 saturated heterocycles. The highest BCUT2D eigenvalue weighted by Gasteiger charge is 2.85. The number of amides is 3. The van der Waals surface area contributed by atoms with Crippen molar-refractivity contribution in [1.82, 2.24) is 10.2 Å². The summed E-state index contributed by atoms with van der Waals surface area (Å²) in [4.78, 5) is 96.9. The highest BCUT2D eigenvalue weighted by molar-refractivity contribution is 6.36. The number of primary amides is 1. The Morgan fingerprint density at radius 1 is 0.850 bits per heavy atom. The lowest BCUT2D eigenvalue weighted by atomic mass is 9.73. The molecule has 1 aromatic carbocycles.